The normalized spacial score (nSPS) is 8.46. The average molecular weight is 1370 g/mol. The molecule has 0 saturated heterocycles. The second kappa shape index (κ2) is 51.3. The fraction of sp³-hybridized carbons (Fsp3) is 0. The number of carbonyl (C=O) groups is 4. The summed E-state index contributed by atoms with van der Waals surface area (Å²) < 4.78 is 63.6. The van der Waals surface area contributed by atoms with Crippen molar-refractivity contribution in [3.05, 3.63) is 205 Å². The zero-order chi connectivity index (χ0) is 49.7. The Morgan fingerprint density at radius 3 is 0.530 bits per heavy atom. The Hall–Kier alpha value is -7.57. The molecular weight excluding hydrogens is 1310 g/mol. The van der Waals surface area contributed by atoms with Gasteiger partial charge in [-0.3, -0.25) is 29.9 Å². The molecule has 0 atom stereocenters. The number of hydrogen-bond donors (Lipinski definition) is 0. The summed E-state index contributed by atoms with van der Waals surface area (Å²) in [7, 11) is -9.89. The van der Waals surface area contributed by atoms with E-state index in [1.54, 1.807) is 37.2 Å². The van der Waals surface area contributed by atoms with Gasteiger partial charge in [0.1, 0.15) is 20.2 Å². The minimum absolute atomic E-state index is 0. The summed E-state index contributed by atoms with van der Waals surface area (Å²) in [6.07, 6.45) is 10.6. The van der Waals surface area contributed by atoms with E-state index in [-0.39, 0.29) is 124 Å². The smallest absolute Gasteiger partial charge is 0.744 e. The van der Waals surface area contributed by atoms with Gasteiger partial charge in [0.05, 0.1) is 67.8 Å². The predicted molar refractivity (Wildman–Crippen MR) is 279 cm³/mol. The summed E-state index contributed by atoms with van der Waals surface area (Å²) in [5.41, 5.74) is 2.59. The van der Waals surface area contributed by atoms with Gasteiger partial charge in [0.25, 0.3) is 0 Å². The van der Waals surface area contributed by atoms with Crippen LogP contribution in [0.15, 0.2) is 193 Å². The monoisotopic (exact) mass is 1370 g/mol. The van der Waals surface area contributed by atoms with Crippen molar-refractivity contribution < 1.29 is 190 Å². The maximum absolute atomic E-state index is 10.6. The van der Waals surface area contributed by atoms with Crippen molar-refractivity contribution in [1.82, 2.24) is 29.9 Å². The largest absolute Gasteiger partial charge is 2.00 e. The first kappa shape index (κ1) is 104. The molecule has 0 aliphatic rings. The van der Waals surface area contributed by atoms with Crippen LogP contribution in [-0.2, 0) is 112 Å². The maximum atomic E-state index is 10.6. The number of carbonyl (C=O) groups excluding carboxylic acids is 4. The van der Waals surface area contributed by atoms with E-state index in [2.05, 4.69) is 29.9 Å². The van der Waals surface area contributed by atoms with Crippen molar-refractivity contribution in [2.45, 2.75) is 9.79 Å². The number of aromatic carboxylic acids is 4. The Balaban J connectivity index is -0.0000000729. The van der Waals surface area contributed by atoms with Gasteiger partial charge < -0.3 is 114 Å². The second-order valence-electron chi connectivity index (χ2n) is 12.8. The molecule has 0 aliphatic carbocycles. The third-order valence-corrected chi connectivity index (χ3v) is 9.74. The number of aromatic nitrogens is 6. The molecule has 8 rings (SSSR count). The summed E-state index contributed by atoms with van der Waals surface area (Å²) in [6, 6.07) is 38.1. The van der Waals surface area contributed by atoms with Gasteiger partial charge in [0.2, 0.25) is 0 Å². The average Bonchev–Trinajstić information content (AvgIpc) is 3.35. The van der Waals surface area contributed by atoms with Crippen LogP contribution in [0.25, 0.3) is 34.2 Å². The number of carboxylic acid groups (broad SMARTS) is 4. The van der Waals surface area contributed by atoms with Crippen LogP contribution in [0.5, 0.6) is 0 Å². The summed E-state index contributed by atoms with van der Waals surface area (Å²) in [6.45, 7) is 0. The molecule has 0 fully saturated rings. The molecule has 0 saturated carbocycles. The van der Waals surface area contributed by atoms with Crippen LogP contribution >= 0.6 is 0 Å². The molecule has 0 amide bonds. The quantitative estimate of drug-likeness (QED) is 0.0735. The molecule has 30 N–H and O–H groups in total. The van der Waals surface area contributed by atoms with Gasteiger partial charge in [-0.15, -0.1) is 0 Å². The number of carboxylic acids is 4. The van der Waals surface area contributed by atoms with Crippen molar-refractivity contribution in [3.8, 4) is 34.2 Å². The van der Waals surface area contributed by atoms with Crippen molar-refractivity contribution in [3.63, 3.8) is 0 Å². The minimum atomic E-state index is -4.95. The maximum Gasteiger partial charge on any atom is 2.00 e. The molecule has 442 valence electrons. The molecule has 2 aromatic carbocycles. The molecule has 0 radical (unpaired) electrons. The first-order chi connectivity index (χ1) is 32.3. The summed E-state index contributed by atoms with van der Waals surface area (Å²) in [5.74, 6) is -7.19. The van der Waals surface area contributed by atoms with E-state index in [1.165, 1.54) is 0 Å². The van der Waals surface area contributed by atoms with Crippen LogP contribution in [0.4, 0.5) is 0 Å². The SMILES string of the molecule is O.O.O.O.O.O.O=C([O-])c1cc(C(=O)[O-])cc(S(=O)(=O)[O-])c1.O=C([O-])c1cc(C(=O)[O-])cc(S(=O)(=O)[O-])c1.[OH3+].[OH3+].[OH3+].[OH3+].[OH3+].[OH3+].[Zn+2].[Zn+2].[Zn+2].c1ccc(-c2ccccn2)nc1.c1ccc(-c2ccccn2)nc1.c1ccc(-c2ccccn2)nc1. The number of hydrogen-bond acceptors (Lipinski definition) is 20. The van der Waals surface area contributed by atoms with Gasteiger partial charge in [-0.1, -0.05) is 36.4 Å². The van der Waals surface area contributed by atoms with Gasteiger partial charge in [-0.25, -0.2) is 16.8 Å². The van der Waals surface area contributed by atoms with Crippen molar-refractivity contribution in [2.24, 2.45) is 0 Å². The third kappa shape index (κ3) is 35.8. The molecule has 0 bridgehead atoms. The van der Waals surface area contributed by atoms with E-state index in [0.29, 0.717) is 36.4 Å². The number of rotatable bonds is 9. The van der Waals surface area contributed by atoms with Gasteiger partial charge in [-0.2, -0.15) is 0 Å². The van der Waals surface area contributed by atoms with E-state index in [0.717, 1.165) is 34.2 Å². The van der Waals surface area contributed by atoms with Crippen LogP contribution in [0.3, 0.4) is 0 Å². The Morgan fingerprint density at radius 1 is 0.289 bits per heavy atom. The van der Waals surface area contributed by atoms with Gasteiger partial charge in [-0.05, 0) is 131 Å². The summed E-state index contributed by atoms with van der Waals surface area (Å²) >= 11 is 0. The Kier molecular flexibility index (Phi) is 64.2. The summed E-state index contributed by atoms with van der Waals surface area (Å²) in [4.78, 5) is 64.9. The molecule has 83 heavy (non-hydrogen) atoms. The number of nitrogens with zero attached hydrogens (tertiary/aromatic N) is 6. The molecule has 0 unspecified atom stereocenters. The van der Waals surface area contributed by atoms with Crippen LogP contribution in [0, 0.1) is 0 Å². The van der Waals surface area contributed by atoms with Crippen LogP contribution in [0.2, 0.25) is 0 Å². The van der Waals surface area contributed by atoms with Crippen molar-refractivity contribution in [2.75, 3.05) is 0 Å². The van der Waals surface area contributed by atoms with Gasteiger partial charge >= 0.3 is 58.4 Å². The molecule has 0 aliphatic heterocycles. The van der Waals surface area contributed by atoms with Crippen LogP contribution in [-0.4, -0.2) is 113 Å². The standard InChI is InChI=1S/3C10H8N2.2C8H6O7S.12H2O.3Zn/c3*1-3-7-11-9(5-1)10-6-2-4-8-12-10;2*9-7(10)4-1-5(8(11)12)3-6(2-4)16(13,14)15;;;;;;;;;;;;;;;/h3*1-8H;2*1-3H,(H,9,10)(H,11,12)(H,13,14,15);12*1H2;;;/q;;;;;;;;;;;;;;;;;3*+2. The Labute approximate surface area is 509 Å². The van der Waals surface area contributed by atoms with E-state index >= 15 is 0 Å². The molecule has 6 aromatic heterocycles. The van der Waals surface area contributed by atoms with Crippen LogP contribution < -0.4 is 20.4 Å². The first-order valence-electron chi connectivity index (χ1n) is 18.9. The molecule has 8 aromatic rings. The van der Waals surface area contributed by atoms with Crippen molar-refractivity contribution >= 4 is 44.1 Å². The zero-order valence-corrected chi connectivity index (χ0v) is 53.7. The van der Waals surface area contributed by atoms with Gasteiger partial charge in [0, 0.05) is 37.2 Å². The summed E-state index contributed by atoms with van der Waals surface area (Å²) in [5, 5.41) is 41.7. The first-order valence-corrected chi connectivity index (χ1v) is 21.7. The number of pyridine rings is 6. The number of benzene rings is 2. The molecular formula is C46H60N6O26S2Zn3+6. The zero-order valence-electron chi connectivity index (χ0n) is 43.1. The molecule has 6 heterocycles. The van der Waals surface area contributed by atoms with Crippen LogP contribution in [0.1, 0.15) is 41.4 Å². The second-order valence-corrected chi connectivity index (χ2v) is 15.6. The van der Waals surface area contributed by atoms with Gasteiger partial charge in [0.15, 0.2) is 0 Å². The minimum Gasteiger partial charge on any atom is -0.744 e. The molecule has 0 spiro atoms. The Morgan fingerprint density at radius 2 is 0.434 bits per heavy atom. The predicted octanol–water partition coefficient (Wildman–Crippen LogP) is -9.42. The van der Waals surface area contributed by atoms with E-state index in [4.69, 9.17) is 0 Å². The molecule has 37 heteroatoms. The Bertz CT molecular complexity index is 2750. The van der Waals surface area contributed by atoms with E-state index < -0.39 is 76.2 Å². The van der Waals surface area contributed by atoms with E-state index in [1.807, 2.05) is 109 Å². The molecule has 32 nitrogen and oxygen atoms in total. The van der Waals surface area contributed by atoms with E-state index in [9.17, 15) is 65.5 Å². The van der Waals surface area contributed by atoms with Crippen molar-refractivity contribution in [1.29, 1.82) is 0 Å². The topological polar surface area (TPSA) is 739 Å². The fourth-order valence-corrected chi connectivity index (χ4v) is 6.13. The fourth-order valence-electron chi connectivity index (χ4n) is 5.04. The third-order valence-electron chi connectivity index (χ3n) is 8.11.